The second-order valence-corrected chi connectivity index (χ2v) is 17.2. The molecular formula is C38H53F3N6O8. The van der Waals surface area contributed by atoms with Gasteiger partial charge in [0.15, 0.2) is 0 Å². The van der Waals surface area contributed by atoms with Gasteiger partial charge >= 0.3 is 12.3 Å². The first-order chi connectivity index (χ1) is 25.3. The summed E-state index contributed by atoms with van der Waals surface area (Å²) < 4.78 is 45.0. The minimum Gasteiger partial charge on any atom is -0.434 e. The molecule has 1 aromatic rings. The summed E-state index contributed by atoms with van der Waals surface area (Å²) in [5.74, 6) is -5.09. The number of fused-ring (bicyclic) bond motifs is 1. The molecule has 0 radical (unpaired) electrons. The molecule has 0 spiro atoms. The molecule has 2 saturated carbocycles. The molecule has 4 N–H and O–H groups in total. The van der Waals surface area contributed by atoms with E-state index in [1.165, 1.54) is 23.9 Å². The molecule has 4 unspecified atom stereocenters. The molecule has 0 aromatic heterocycles. The fourth-order valence-corrected chi connectivity index (χ4v) is 7.05. The lowest BCUT2D eigenvalue weighted by Crippen LogP contribution is -2.61. The first kappa shape index (κ1) is 43.0. The summed E-state index contributed by atoms with van der Waals surface area (Å²) in [6.45, 7) is 9.51. The van der Waals surface area contributed by atoms with Gasteiger partial charge in [-0.25, -0.2) is 4.79 Å². The number of nitrogens with one attached hydrogen (secondary N) is 4. The zero-order chi connectivity index (χ0) is 41.4. The van der Waals surface area contributed by atoms with Gasteiger partial charge in [-0.1, -0.05) is 77.8 Å². The highest BCUT2D eigenvalue weighted by molar-refractivity contribution is 6.38. The molecule has 3 aliphatic rings. The Kier molecular flexibility index (Phi) is 12.4. The highest BCUT2D eigenvalue weighted by Gasteiger charge is 2.70. The monoisotopic (exact) mass is 778 g/mol. The molecule has 17 heteroatoms. The van der Waals surface area contributed by atoms with Gasteiger partial charge in [0.05, 0.1) is 12.6 Å². The van der Waals surface area contributed by atoms with Crippen LogP contribution in [-0.4, -0.2) is 108 Å². The number of ether oxygens (including phenoxy) is 1. The SMILES string of the molecule is CN(C)C(=O)[C@@H](NC(=O)CNC(=O)C(=O)C(CC1CC1)NC(=O)C1[C@@H]2C(CN1C(=O)C(NC(=O)OC(C)(C)C(F)(F)F)C(C)(C)C)C2(C)C)c1ccccc1. The molecule has 0 bridgehead atoms. The van der Waals surface area contributed by atoms with Gasteiger partial charge in [-0.2, -0.15) is 13.2 Å². The predicted octanol–water partition coefficient (Wildman–Crippen LogP) is 2.87. The topological polar surface area (TPSA) is 183 Å². The Balaban J connectivity index is 1.47. The van der Waals surface area contributed by atoms with E-state index < -0.39 is 89.3 Å². The summed E-state index contributed by atoms with van der Waals surface area (Å²) in [5, 5.41) is 9.86. The van der Waals surface area contributed by atoms with E-state index in [0.29, 0.717) is 19.4 Å². The third-order valence-corrected chi connectivity index (χ3v) is 10.8. The van der Waals surface area contributed by atoms with Crippen molar-refractivity contribution in [2.75, 3.05) is 27.2 Å². The number of nitrogens with zero attached hydrogens (tertiary/aromatic N) is 2. The van der Waals surface area contributed by atoms with E-state index >= 15 is 0 Å². The molecule has 6 amide bonds. The van der Waals surface area contributed by atoms with Crippen molar-refractivity contribution in [2.45, 2.75) is 104 Å². The number of alkyl carbamates (subject to hydrolysis) is 1. The van der Waals surface area contributed by atoms with Crippen molar-refractivity contribution in [3.05, 3.63) is 35.9 Å². The predicted molar refractivity (Wildman–Crippen MR) is 193 cm³/mol. The summed E-state index contributed by atoms with van der Waals surface area (Å²) >= 11 is 0. The zero-order valence-electron chi connectivity index (χ0n) is 32.8. The van der Waals surface area contributed by atoms with Gasteiger partial charge in [-0.3, -0.25) is 28.8 Å². The summed E-state index contributed by atoms with van der Waals surface area (Å²) in [6.07, 6.45) is -4.65. The van der Waals surface area contributed by atoms with Crippen LogP contribution in [0.1, 0.15) is 79.3 Å². The van der Waals surface area contributed by atoms with Gasteiger partial charge < -0.3 is 35.8 Å². The Morgan fingerprint density at radius 3 is 2.05 bits per heavy atom. The van der Waals surface area contributed by atoms with E-state index in [0.717, 1.165) is 12.8 Å². The van der Waals surface area contributed by atoms with Crippen LogP contribution in [0.25, 0.3) is 0 Å². The summed E-state index contributed by atoms with van der Waals surface area (Å²) in [6, 6.07) is 3.65. The van der Waals surface area contributed by atoms with Crippen LogP contribution in [0.15, 0.2) is 30.3 Å². The van der Waals surface area contributed by atoms with Gasteiger partial charge in [0.2, 0.25) is 35.0 Å². The number of hydrogen-bond donors (Lipinski definition) is 4. The van der Waals surface area contributed by atoms with Crippen LogP contribution in [0.2, 0.25) is 0 Å². The second-order valence-electron chi connectivity index (χ2n) is 17.2. The van der Waals surface area contributed by atoms with Crippen molar-refractivity contribution < 1.29 is 51.5 Å². The zero-order valence-corrected chi connectivity index (χ0v) is 32.8. The highest BCUT2D eigenvalue weighted by atomic mass is 19.4. The van der Waals surface area contributed by atoms with Crippen molar-refractivity contribution >= 4 is 41.4 Å². The molecule has 2 aliphatic carbocycles. The number of alkyl halides is 3. The Morgan fingerprint density at radius 1 is 0.927 bits per heavy atom. The first-order valence-electron chi connectivity index (χ1n) is 18.3. The quantitative estimate of drug-likeness (QED) is 0.208. The van der Waals surface area contributed by atoms with E-state index in [1.807, 2.05) is 13.8 Å². The van der Waals surface area contributed by atoms with Gasteiger partial charge in [0.1, 0.15) is 18.1 Å². The summed E-state index contributed by atoms with van der Waals surface area (Å²) in [4.78, 5) is 96.0. The average Bonchev–Trinajstić information content (AvgIpc) is 3.93. The van der Waals surface area contributed by atoms with E-state index in [4.69, 9.17) is 0 Å². The molecule has 3 fully saturated rings. The lowest BCUT2D eigenvalue weighted by molar-refractivity contribution is -0.244. The van der Waals surface area contributed by atoms with E-state index in [9.17, 15) is 46.7 Å². The lowest BCUT2D eigenvalue weighted by Gasteiger charge is -2.38. The number of Topliss-reactive ketones (excluding diaryl/α,β-unsaturated/α-hetero) is 1. The van der Waals surface area contributed by atoms with Gasteiger partial charge in [0, 0.05) is 20.6 Å². The van der Waals surface area contributed by atoms with E-state index in [1.54, 1.807) is 51.1 Å². The lowest BCUT2D eigenvalue weighted by atomic mass is 9.85. The number of benzene rings is 1. The van der Waals surface area contributed by atoms with Crippen LogP contribution in [0, 0.1) is 28.6 Å². The highest BCUT2D eigenvalue weighted by Crippen LogP contribution is 2.65. The number of amides is 6. The van der Waals surface area contributed by atoms with Crippen molar-refractivity contribution in [1.29, 1.82) is 0 Å². The van der Waals surface area contributed by atoms with E-state index in [-0.39, 0.29) is 36.1 Å². The van der Waals surface area contributed by atoms with Crippen LogP contribution >= 0.6 is 0 Å². The van der Waals surface area contributed by atoms with Crippen LogP contribution in [0.5, 0.6) is 0 Å². The van der Waals surface area contributed by atoms with Crippen LogP contribution in [0.3, 0.4) is 0 Å². The van der Waals surface area contributed by atoms with Crippen molar-refractivity contribution in [3.63, 3.8) is 0 Å². The number of carbonyl (C=O) groups excluding carboxylic acids is 7. The third-order valence-electron chi connectivity index (χ3n) is 10.8. The first-order valence-corrected chi connectivity index (χ1v) is 18.3. The third kappa shape index (κ3) is 9.95. The number of rotatable bonds is 14. The molecule has 4 rings (SSSR count). The fourth-order valence-electron chi connectivity index (χ4n) is 7.05. The normalized spacial score (nSPS) is 21.9. The maximum absolute atomic E-state index is 14.2. The minimum absolute atomic E-state index is 0.0573. The number of carbonyl (C=O) groups is 7. The largest absolute Gasteiger partial charge is 0.434 e. The smallest absolute Gasteiger partial charge is 0.427 e. The Labute approximate surface area is 319 Å². The van der Waals surface area contributed by atoms with Crippen LogP contribution in [-0.2, 0) is 33.5 Å². The number of likely N-dealkylation sites (tertiary alicyclic amines) is 1. The Morgan fingerprint density at radius 2 is 1.53 bits per heavy atom. The Bertz CT molecular complexity index is 1670. The second kappa shape index (κ2) is 15.8. The molecule has 55 heavy (non-hydrogen) atoms. The number of halogens is 3. The average molecular weight is 779 g/mol. The van der Waals surface area contributed by atoms with Gasteiger partial charge in [0.25, 0.3) is 5.91 Å². The number of ketones is 1. The molecule has 1 aliphatic heterocycles. The molecular weight excluding hydrogens is 725 g/mol. The molecule has 304 valence electrons. The molecule has 1 heterocycles. The molecule has 1 saturated heterocycles. The molecule has 14 nitrogen and oxygen atoms in total. The molecule has 1 aromatic carbocycles. The number of likely N-dealkylation sites (N-methyl/N-ethyl adjacent to an activating group) is 1. The maximum Gasteiger partial charge on any atom is 0.427 e. The van der Waals surface area contributed by atoms with Crippen LogP contribution in [0.4, 0.5) is 18.0 Å². The van der Waals surface area contributed by atoms with Gasteiger partial charge in [-0.15, -0.1) is 0 Å². The van der Waals surface area contributed by atoms with Crippen molar-refractivity contribution in [2.24, 2.45) is 28.6 Å². The van der Waals surface area contributed by atoms with Crippen molar-refractivity contribution in [1.82, 2.24) is 31.1 Å². The number of hydrogen-bond acceptors (Lipinski definition) is 8. The molecule has 6 atom stereocenters. The Hall–Kier alpha value is -4.70. The van der Waals surface area contributed by atoms with Crippen LogP contribution < -0.4 is 21.3 Å². The van der Waals surface area contributed by atoms with Gasteiger partial charge in [-0.05, 0) is 54.4 Å². The fraction of sp³-hybridized carbons (Fsp3) is 0.658. The standard InChI is InChI=1S/C38H53F3N6O8/c1-35(2,3)29(45-34(54)55-37(6,7)38(39,40)41)33(53)47-19-22-25(36(22,4)5)27(47)30(50)43-23(17-20-15-16-20)28(49)31(51)42-18-24(48)44-26(32(52)46(8)9)21-13-11-10-12-14-21/h10-14,20,22-23,25-27,29H,15-19H2,1-9H3,(H,42,51)(H,43,50)(H,44,48)(H,45,54)/t22?,23?,25-,26-,27?,29?/m0/s1. The summed E-state index contributed by atoms with van der Waals surface area (Å²) in [5.41, 5.74) is -3.73. The maximum atomic E-state index is 14.2. The summed E-state index contributed by atoms with van der Waals surface area (Å²) in [7, 11) is 3.06. The van der Waals surface area contributed by atoms with Crippen molar-refractivity contribution in [3.8, 4) is 0 Å². The number of piperidine rings is 1. The minimum atomic E-state index is -4.88. The van der Waals surface area contributed by atoms with E-state index in [2.05, 4.69) is 26.0 Å².